The van der Waals surface area contributed by atoms with Crippen LogP contribution in [0.3, 0.4) is 0 Å². The van der Waals surface area contributed by atoms with E-state index in [1.165, 1.54) is 32.3 Å². The fraction of sp³-hybridized carbons (Fsp3) is 0.0164. The van der Waals surface area contributed by atoms with E-state index >= 15 is 0 Å². The summed E-state index contributed by atoms with van der Waals surface area (Å²) in [5.74, 6) is 0.465. The SMILES string of the molecule is C=C(C)/C(=N\C(=N/C(=C)c1ccc2ccccc2c1)n1c2ccccc2c2ccccc21)c1cc(-n2c3cc4ccccc4cc3c3ccc4ccccc4c32)cc2c1oc1ccccc12. The molecule has 0 aliphatic carbocycles. The molecule has 10 aromatic carbocycles. The van der Waals surface area contributed by atoms with E-state index in [2.05, 4.69) is 210 Å². The van der Waals surface area contributed by atoms with Crippen LogP contribution in [0.1, 0.15) is 18.1 Å². The molecule has 0 saturated carbocycles. The lowest BCUT2D eigenvalue weighted by Gasteiger charge is -2.16. The van der Waals surface area contributed by atoms with Gasteiger partial charge in [-0.1, -0.05) is 165 Å². The predicted molar refractivity (Wildman–Crippen MR) is 280 cm³/mol. The smallest absolute Gasteiger partial charge is 0.235 e. The Morgan fingerprint density at radius 2 is 1.05 bits per heavy atom. The number of para-hydroxylation sites is 3. The molecule has 310 valence electrons. The van der Waals surface area contributed by atoms with E-state index in [1.807, 2.05) is 19.1 Å². The van der Waals surface area contributed by atoms with Crippen molar-refractivity contribution in [1.82, 2.24) is 9.13 Å². The maximum absolute atomic E-state index is 6.90. The van der Waals surface area contributed by atoms with Gasteiger partial charge in [0.2, 0.25) is 5.96 Å². The fourth-order valence-corrected chi connectivity index (χ4v) is 10.2. The molecular weight excluding hydrogens is 805 g/mol. The van der Waals surface area contributed by atoms with E-state index in [4.69, 9.17) is 14.4 Å². The number of nitrogens with zero attached hydrogens (tertiary/aromatic N) is 4. The Balaban J connectivity index is 1.13. The van der Waals surface area contributed by atoms with E-state index in [0.717, 1.165) is 87.9 Å². The number of rotatable bonds is 5. The summed E-state index contributed by atoms with van der Waals surface area (Å²) < 4.78 is 11.5. The third kappa shape index (κ3) is 5.80. The zero-order valence-electron chi connectivity index (χ0n) is 36.2. The van der Waals surface area contributed by atoms with Gasteiger partial charge in [0.25, 0.3) is 0 Å². The molecule has 0 unspecified atom stereocenters. The number of furan rings is 1. The average Bonchev–Trinajstić information content (AvgIpc) is 4.02. The molecular formula is C61H40N4O. The van der Waals surface area contributed by atoms with Crippen LogP contribution < -0.4 is 0 Å². The van der Waals surface area contributed by atoms with Gasteiger partial charge in [0, 0.05) is 54.5 Å². The van der Waals surface area contributed by atoms with Crippen LogP contribution in [-0.2, 0) is 0 Å². The molecule has 5 heteroatoms. The van der Waals surface area contributed by atoms with Crippen molar-refractivity contribution in [1.29, 1.82) is 0 Å². The summed E-state index contributed by atoms with van der Waals surface area (Å²) in [6.07, 6.45) is 0. The summed E-state index contributed by atoms with van der Waals surface area (Å²) in [5, 5.41) is 13.6. The van der Waals surface area contributed by atoms with Crippen LogP contribution in [0.15, 0.2) is 233 Å². The monoisotopic (exact) mass is 844 g/mol. The molecule has 3 aromatic heterocycles. The van der Waals surface area contributed by atoms with E-state index < -0.39 is 0 Å². The largest absolute Gasteiger partial charge is 0.455 e. The Morgan fingerprint density at radius 1 is 0.455 bits per heavy atom. The Morgan fingerprint density at radius 3 is 1.77 bits per heavy atom. The minimum absolute atomic E-state index is 0.465. The number of aromatic nitrogens is 2. The highest BCUT2D eigenvalue weighted by Gasteiger charge is 2.24. The Kier molecular flexibility index (Phi) is 8.36. The highest BCUT2D eigenvalue weighted by Crippen LogP contribution is 2.42. The first-order chi connectivity index (χ1) is 32.5. The quantitative estimate of drug-likeness (QED) is 0.126. The van der Waals surface area contributed by atoms with Crippen LogP contribution >= 0.6 is 0 Å². The van der Waals surface area contributed by atoms with Crippen LogP contribution in [0.2, 0.25) is 0 Å². The minimum Gasteiger partial charge on any atom is -0.455 e. The van der Waals surface area contributed by atoms with E-state index in [0.29, 0.717) is 17.4 Å². The maximum Gasteiger partial charge on any atom is 0.235 e. The standard InChI is InChI=1S/C61H40N4O/c1-37(2)58(63-61(62-38(3)41-29-28-39-16-4-5-18-42(39)32-41)65-54-25-13-10-22-47(54)48-23-11-14-26-55(48)65)53-36-45(35-52-49-24-12-15-27-57(49)66-60(52)53)64-56-34-44-20-7-6-19-43(44)33-51(56)50-31-30-40-17-8-9-21-46(40)59(50)64/h4-36H,1,3H2,2H3/b62-61+,63-58+. The number of aliphatic imine (C=N–C) groups is 2. The van der Waals surface area contributed by atoms with Gasteiger partial charge < -0.3 is 8.98 Å². The van der Waals surface area contributed by atoms with E-state index in [1.54, 1.807) is 0 Å². The summed E-state index contributed by atoms with van der Waals surface area (Å²) in [4.78, 5) is 11.1. The molecule has 0 N–H and O–H groups in total. The van der Waals surface area contributed by atoms with Crippen LogP contribution in [0.5, 0.6) is 0 Å². The second-order valence-electron chi connectivity index (χ2n) is 17.2. The van der Waals surface area contributed by atoms with Crippen molar-refractivity contribution in [3.63, 3.8) is 0 Å². The normalized spacial score (nSPS) is 12.6. The van der Waals surface area contributed by atoms with Crippen molar-refractivity contribution >= 4 is 115 Å². The van der Waals surface area contributed by atoms with Gasteiger partial charge in [-0.15, -0.1) is 0 Å². The lowest BCUT2D eigenvalue weighted by molar-refractivity contribution is 0.668. The number of hydrogen-bond acceptors (Lipinski definition) is 2. The first-order valence-corrected chi connectivity index (χ1v) is 22.3. The molecule has 0 radical (unpaired) electrons. The van der Waals surface area contributed by atoms with Gasteiger partial charge in [-0.2, -0.15) is 0 Å². The van der Waals surface area contributed by atoms with Crippen molar-refractivity contribution in [3.05, 3.63) is 230 Å². The van der Waals surface area contributed by atoms with Crippen LogP contribution in [0.4, 0.5) is 0 Å². The van der Waals surface area contributed by atoms with Crippen LogP contribution in [0, 0.1) is 0 Å². The van der Waals surface area contributed by atoms with Crippen molar-refractivity contribution < 1.29 is 4.42 Å². The summed E-state index contributed by atoms with van der Waals surface area (Å²) in [6.45, 7) is 11.2. The molecule has 13 aromatic rings. The first kappa shape index (κ1) is 37.7. The lowest BCUT2D eigenvalue weighted by atomic mass is 10.00. The molecule has 5 nitrogen and oxygen atoms in total. The van der Waals surface area contributed by atoms with Crippen LogP contribution in [0.25, 0.3) is 109 Å². The van der Waals surface area contributed by atoms with Gasteiger partial charge in [-0.3, -0.25) is 4.57 Å². The number of fused-ring (bicyclic) bond motifs is 13. The molecule has 0 bridgehead atoms. The second-order valence-corrected chi connectivity index (χ2v) is 17.2. The van der Waals surface area contributed by atoms with Crippen molar-refractivity contribution in [2.24, 2.45) is 9.98 Å². The molecule has 66 heavy (non-hydrogen) atoms. The number of allylic oxidation sites excluding steroid dienone is 1. The molecule has 0 amide bonds. The second kappa shape index (κ2) is 14.6. The number of benzene rings is 10. The summed E-state index contributed by atoms with van der Waals surface area (Å²) in [6, 6.07) is 70.8. The van der Waals surface area contributed by atoms with Gasteiger partial charge >= 0.3 is 0 Å². The van der Waals surface area contributed by atoms with Crippen molar-refractivity contribution in [2.45, 2.75) is 6.92 Å². The van der Waals surface area contributed by atoms with Gasteiger partial charge in [-0.05, 0) is 88.0 Å². The highest BCUT2D eigenvalue weighted by molar-refractivity contribution is 6.26. The molecule has 0 aliphatic rings. The predicted octanol–water partition coefficient (Wildman–Crippen LogP) is 16.2. The lowest BCUT2D eigenvalue weighted by Crippen LogP contribution is -2.15. The van der Waals surface area contributed by atoms with Crippen molar-refractivity contribution in [2.75, 3.05) is 0 Å². The maximum atomic E-state index is 6.90. The van der Waals surface area contributed by atoms with Gasteiger partial charge in [0.1, 0.15) is 11.2 Å². The van der Waals surface area contributed by atoms with Gasteiger partial charge in [-0.25, -0.2) is 9.98 Å². The molecule has 0 aliphatic heterocycles. The summed E-state index contributed by atoms with van der Waals surface area (Å²) in [7, 11) is 0. The molecule has 3 heterocycles. The zero-order chi connectivity index (χ0) is 44.0. The number of hydrogen-bond donors (Lipinski definition) is 0. The molecule has 0 spiro atoms. The minimum atomic E-state index is 0.465. The van der Waals surface area contributed by atoms with Gasteiger partial charge in [0.15, 0.2) is 0 Å². The summed E-state index contributed by atoms with van der Waals surface area (Å²) in [5.41, 5.74) is 10.5. The Hall–Kier alpha value is -8.80. The third-order valence-electron chi connectivity index (χ3n) is 13.2. The van der Waals surface area contributed by atoms with Crippen molar-refractivity contribution in [3.8, 4) is 5.69 Å². The molecule has 13 rings (SSSR count). The summed E-state index contributed by atoms with van der Waals surface area (Å²) >= 11 is 0. The molecule has 0 atom stereocenters. The third-order valence-corrected chi connectivity index (χ3v) is 13.2. The molecule has 0 saturated heterocycles. The molecule has 0 fully saturated rings. The topological polar surface area (TPSA) is 47.7 Å². The van der Waals surface area contributed by atoms with Crippen LogP contribution in [-0.4, -0.2) is 20.8 Å². The Labute approximate surface area is 379 Å². The average molecular weight is 845 g/mol. The van der Waals surface area contributed by atoms with E-state index in [9.17, 15) is 0 Å². The van der Waals surface area contributed by atoms with E-state index in [-0.39, 0.29) is 0 Å². The zero-order valence-corrected chi connectivity index (χ0v) is 36.2. The fourth-order valence-electron chi connectivity index (χ4n) is 10.2. The Bertz CT molecular complexity index is 4230. The highest BCUT2D eigenvalue weighted by atomic mass is 16.3. The first-order valence-electron chi connectivity index (χ1n) is 22.3. The van der Waals surface area contributed by atoms with Gasteiger partial charge in [0.05, 0.1) is 33.5 Å².